The lowest BCUT2D eigenvalue weighted by atomic mass is 10.0. The first-order chi connectivity index (χ1) is 10.2. The molecule has 0 radical (unpaired) electrons. The van der Waals surface area contributed by atoms with E-state index in [0.29, 0.717) is 11.1 Å². The van der Waals surface area contributed by atoms with Crippen LogP contribution in [0.15, 0.2) is 48.7 Å². The summed E-state index contributed by atoms with van der Waals surface area (Å²) in [5.41, 5.74) is 2.09. The molecule has 0 saturated heterocycles. The predicted octanol–water partition coefficient (Wildman–Crippen LogP) is 3.74. The van der Waals surface area contributed by atoms with Crippen molar-refractivity contribution in [2.75, 3.05) is 7.11 Å². The van der Waals surface area contributed by atoms with Crippen molar-refractivity contribution in [2.24, 2.45) is 0 Å². The van der Waals surface area contributed by atoms with E-state index in [2.05, 4.69) is 4.98 Å². The lowest BCUT2D eigenvalue weighted by Crippen LogP contribution is -2.03. The van der Waals surface area contributed by atoms with E-state index in [1.807, 2.05) is 24.3 Å². The minimum absolute atomic E-state index is 0.0129. The minimum Gasteiger partial charge on any atom is -0.497 e. The SMILES string of the molecule is COc1cccc(CC(=O)c2c[nH]c3cc(F)ccc23)c1. The first-order valence-corrected chi connectivity index (χ1v) is 6.60. The normalized spacial score (nSPS) is 10.8. The summed E-state index contributed by atoms with van der Waals surface area (Å²) >= 11 is 0. The summed E-state index contributed by atoms with van der Waals surface area (Å²) in [6.45, 7) is 0. The maximum atomic E-state index is 13.2. The molecule has 3 rings (SSSR count). The highest BCUT2D eigenvalue weighted by Crippen LogP contribution is 2.21. The van der Waals surface area contributed by atoms with Crippen LogP contribution in [-0.2, 0) is 6.42 Å². The van der Waals surface area contributed by atoms with Crippen molar-refractivity contribution in [1.82, 2.24) is 4.98 Å². The van der Waals surface area contributed by atoms with Gasteiger partial charge < -0.3 is 9.72 Å². The van der Waals surface area contributed by atoms with Gasteiger partial charge in [0.25, 0.3) is 0 Å². The first-order valence-electron chi connectivity index (χ1n) is 6.60. The summed E-state index contributed by atoms with van der Waals surface area (Å²) in [4.78, 5) is 15.4. The highest BCUT2D eigenvalue weighted by molar-refractivity contribution is 6.08. The fourth-order valence-corrected chi connectivity index (χ4v) is 2.39. The van der Waals surface area contributed by atoms with E-state index >= 15 is 0 Å². The van der Waals surface area contributed by atoms with E-state index in [-0.39, 0.29) is 18.0 Å². The van der Waals surface area contributed by atoms with Gasteiger partial charge in [-0.1, -0.05) is 12.1 Å². The van der Waals surface area contributed by atoms with Crippen molar-refractivity contribution < 1.29 is 13.9 Å². The van der Waals surface area contributed by atoms with Crippen LogP contribution in [0.5, 0.6) is 5.75 Å². The van der Waals surface area contributed by atoms with Crippen molar-refractivity contribution in [3.63, 3.8) is 0 Å². The number of Topliss-reactive ketones (excluding diaryl/α,β-unsaturated/α-hetero) is 1. The van der Waals surface area contributed by atoms with E-state index in [1.165, 1.54) is 12.1 Å². The van der Waals surface area contributed by atoms with Crippen LogP contribution in [0.3, 0.4) is 0 Å². The fraction of sp³-hybridized carbons (Fsp3) is 0.118. The number of aromatic nitrogens is 1. The van der Waals surface area contributed by atoms with Crippen molar-refractivity contribution in [2.45, 2.75) is 6.42 Å². The Labute approximate surface area is 121 Å². The highest BCUT2D eigenvalue weighted by atomic mass is 19.1. The Morgan fingerprint density at radius 3 is 2.90 bits per heavy atom. The van der Waals surface area contributed by atoms with Gasteiger partial charge in [0.15, 0.2) is 5.78 Å². The van der Waals surface area contributed by atoms with Gasteiger partial charge in [-0.05, 0) is 35.9 Å². The van der Waals surface area contributed by atoms with Crippen LogP contribution in [0.25, 0.3) is 10.9 Å². The summed E-state index contributed by atoms with van der Waals surface area (Å²) < 4.78 is 18.3. The van der Waals surface area contributed by atoms with Crippen LogP contribution in [0.1, 0.15) is 15.9 Å². The molecule has 0 saturated carbocycles. The van der Waals surface area contributed by atoms with E-state index in [4.69, 9.17) is 4.74 Å². The number of rotatable bonds is 4. The molecular weight excluding hydrogens is 269 g/mol. The number of ether oxygens (including phenoxy) is 1. The summed E-state index contributed by atoms with van der Waals surface area (Å²) in [6.07, 6.45) is 1.91. The van der Waals surface area contributed by atoms with Gasteiger partial charge in [0.1, 0.15) is 11.6 Å². The molecule has 0 atom stereocenters. The molecule has 0 spiro atoms. The quantitative estimate of drug-likeness (QED) is 0.741. The number of H-pyrrole nitrogens is 1. The van der Waals surface area contributed by atoms with E-state index in [0.717, 1.165) is 16.7 Å². The van der Waals surface area contributed by atoms with Gasteiger partial charge in [-0.3, -0.25) is 4.79 Å². The van der Waals surface area contributed by atoms with Crippen molar-refractivity contribution in [3.05, 3.63) is 65.6 Å². The van der Waals surface area contributed by atoms with Gasteiger partial charge in [-0.2, -0.15) is 0 Å². The Hall–Kier alpha value is -2.62. The average Bonchev–Trinajstić information content (AvgIpc) is 2.90. The standard InChI is InChI=1S/C17H14FNO2/c1-21-13-4-2-3-11(7-13)8-17(20)15-10-19-16-9-12(18)5-6-14(15)16/h2-7,9-10,19H,8H2,1H3. The van der Waals surface area contributed by atoms with Gasteiger partial charge in [0, 0.05) is 29.1 Å². The monoisotopic (exact) mass is 283 g/mol. The second-order valence-corrected chi connectivity index (χ2v) is 4.84. The van der Waals surface area contributed by atoms with Gasteiger partial charge >= 0.3 is 0 Å². The largest absolute Gasteiger partial charge is 0.497 e. The molecule has 0 amide bonds. The number of methoxy groups -OCH3 is 1. The highest BCUT2D eigenvalue weighted by Gasteiger charge is 2.13. The lowest BCUT2D eigenvalue weighted by molar-refractivity contribution is 0.0994. The van der Waals surface area contributed by atoms with Gasteiger partial charge in [0.05, 0.1) is 7.11 Å². The van der Waals surface area contributed by atoms with Crippen molar-refractivity contribution in [1.29, 1.82) is 0 Å². The zero-order valence-electron chi connectivity index (χ0n) is 11.5. The number of carbonyl (C=O) groups is 1. The number of aromatic amines is 1. The number of fused-ring (bicyclic) bond motifs is 1. The number of halogens is 1. The smallest absolute Gasteiger partial charge is 0.169 e. The molecule has 3 aromatic rings. The third kappa shape index (κ3) is 2.65. The van der Waals surface area contributed by atoms with E-state index in [9.17, 15) is 9.18 Å². The second kappa shape index (κ2) is 5.40. The Morgan fingerprint density at radius 1 is 1.24 bits per heavy atom. The topological polar surface area (TPSA) is 42.1 Å². The van der Waals surface area contributed by atoms with Crippen molar-refractivity contribution in [3.8, 4) is 5.75 Å². The zero-order chi connectivity index (χ0) is 14.8. The van der Waals surface area contributed by atoms with Gasteiger partial charge in [0.2, 0.25) is 0 Å². The molecular formula is C17H14FNO2. The van der Waals surface area contributed by atoms with Crippen LogP contribution in [-0.4, -0.2) is 17.9 Å². The summed E-state index contributed by atoms with van der Waals surface area (Å²) in [5.74, 6) is 0.388. The fourth-order valence-electron chi connectivity index (χ4n) is 2.39. The molecule has 2 aromatic carbocycles. The maximum Gasteiger partial charge on any atom is 0.169 e. The van der Waals surface area contributed by atoms with Crippen LogP contribution >= 0.6 is 0 Å². The number of carbonyl (C=O) groups excluding carboxylic acids is 1. The molecule has 0 aliphatic rings. The third-order valence-corrected chi connectivity index (χ3v) is 3.44. The Balaban J connectivity index is 1.90. The second-order valence-electron chi connectivity index (χ2n) is 4.84. The molecule has 1 heterocycles. The molecule has 4 heteroatoms. The first kappa shape index (κ1) is 13.4. The summed E-state index contributed by atoms with van der Waals surface area (Å²) in [7, 11) is 1.59. The van der Waals surface area contributed by atoms with Gasteiger partial charge in [-0.15, -0.1) is 0 Å². The molecule has 1 aromatic heterocycles. The molecule has 0 fully saturated rings. The molecule has 0 bridgehead atoms. The van der Waals surface area contributed by atoms with Crippen molar-refractivity contribution >= 4 is 16.7 Å². The Morgan fingerprint density at radius 2 is 2.10 bits per heavy atom. The number of nitrogens with one attached hydrogen (secondary N) is 1. The molecule has 0 unspecified atom stereocenters. The molecule has 0 aliphatic heterocycles. The number of benzene rings is 2. The van der Waals surface area contributed by atoms with E-state index < -0.39 is 0 Å². The Bertz CT molecular complexity index is 807. The molecule has 0 aliphatic carbocycles. The van der Waals surface area contributed by atoms with Crippen LogP contribution in [0, 0.1) is 5.82 Å². The predicted molar refractivity (Wildman–Crippen MR) is 79.3 cm³/mol. The minimum atomic E-state index is -0.323. The van der Waals surface area contributed by atoms with Gasteiger partial charge in [-0.25, -0.2) is 4.39 Å². The van der Waals surface area contributed by atoms with E-state index in [1.54, 1.807) is 19.4 Å². The number of hydrogen-bond acceptors (Lipinski definition) is 2. The Kier molecular flexibility index (Phi) is 3.44. The maximum absolute atomic E-state index is 13.2. The van der Waals surface area contributed by atoms with Crippen LogP contribution < -0.4 is 4.74 Å². The third-order valence-electron chi connectivity index (χ3n) is 3.44. The molecule has 1 N–H and O–H groups in total. The molecule has 21 heavy (non-hydrogen) atoms. The van der Waals surface area contributed by atoms with Crippen LogP contribution in [0.4, 0.5) is 4.39 Å². The average molecular weight is 283 g/mol. The lowest BCUT2D eigenvalue weighted by Gasteiger charge is -2.04. The summed E-state index contributed by atoms with van der Waals surface area (Å²) in [6, 6.07) is 11.8. The zero-order valence-corrected chi connectivity index (χ0v) is 11.5. The van der Waals surface area contributed by atoms with Crippen LogP contribution in [0.2, 0.25) is 0 Å². The summed E-state index contributed by atoms with van der Waals surface area (Å²) in [5, 5.41) is 0.740. The number of hydrogen-bond donors (Lipinski definition) is 1. The molecule has 106 valence electrons. The molecule has 3 nitrogen and oxygen atoms in total. The number of ketones is 1.